The lowest BCUT2D eigenvalue weighted by Crippen LogP contribution is -2.33. The highest BCUT2D eigenvalue weighted by Crippen LogP contribution is 2.33. The van der Waals surface area contributed by atoms with Gasteiger partial charge in [-0.05, 0) is 36.8 Å². The minimum atomic E-state index is -3.61. The summed E-state index contributed by atoms with van der Waals surface area (Å²) in [6, 6.07) is 12.2. The van der Waals surface area contributed by atoms with Crippen molar-refractivity contribution in [1.29, 1.82) is 0 Å². The van der Waals surface area contributed by atoms with E-state index in [-0.39, 0.29) is 18.9 Å². The number of rotatable bonds is 8. The van der Waals surface area contributed by atoms with Gasteiger partial charge in [-0.25, -0.2) is 8.42 Å². The zero-order chi connectivity index (χ0) is 20.0. The third kappa shape index (κ3) is 5.62. The number of nitrogens with zero attached hydrogens (tertiary/aromatic N) is 1. The van der Waals surface area contributed by atoms with E-state index in [2.05, 4.69) is 5.32 Å². The molecule has 0 unspecified atom stereocenters. The van der Waals surface area contributed by atoms with E-state index in [1.54, 1.807) is 24.3 Å². The van der Waals surface area contributed by atoms with Gasteiger partial charge in [0.05, 0.1) is 26.2 Å². The first-order chi connectivity index (χ1) is 12.7. The van der Waals surface area contributed by atoms with Gasteiger partial charge < -0.3 is 14.8 Å². The largest absolute Gasteiger partial charge is 0.497 e. The molecule has 0 fully saturated rings. The molecule has 0 spiro atoms. The minimum Gasteiger partial charge on any atom is -0.497 e. The van der Waals surface area contributed by atoms with Crippen molar-refractivity contribution in [3.63, 3.8) is 0 Å². The molecule has 0 radical (unpaired) electrons. The van der Waals surface area contributed by atoms with Crippen LogP contribution in [0.2, 0.25) is 0 Å². The highest BCUT2D eigenvalue weighted by molar-refractivity contribution is 7.92. The van der Waals surface area contributed by atoms with Crippen molar-refractivity contribution in [1.82, 2.24) is 0 Å². The fourth-order valence-electron chi connectivity index (χ4n) is 2.61. The molecule has 1 N–H and O–H groups in total. The van der Waals surface area contributed by atoms with Gasteiger partial charge in [-0.3, -0.25) is 9.10 Å². The van der Waals surface area contributed by atoms with Crippen molar-refractivity contribution < 1.29 is 22.7 Å². The average molecular weight is 392 g/mol. The van der Waals surface area contributed by atoms with Gasteiger partial charge in [0.1, 0.15) is 11.5 Å². The minimum absolute atomic E-state index is 0.00377. The molecule has 0 aromatic heterocycles. The van der Waals surface area contributed by atoms with Gasteiger partial charge in [0, 0.05) is 24.7 Å². The molecule has 2 rings (SSSR count). The zero-order valence-electron chi connectivity index (χ0n) is 15.9. The Labute approximate surface area is 160 Å². The predicted octanol–water partition coefficient (Wildman–Crippen LogP) is 2.81. The lowest BCUT2D eigenvalue weighted by Gasteiger charge is -2.24. The lowest BCUT2D eigenvalue weighted by molar-refractivity contribution is -0.116. The molecule has 1 amide bonds. The van der Waals surface area contributed by atoms with Crippen molar-refractivity contribution in [2.45, 2.75) is 13.3 Å². The molecule has 8 heteroatoms. The van der Waals surface area contributed by atoms with Crippen LogP contribution < -0.4 is 19.1 Å². The summed E-state index contributed by atoms with van der Waals surface area (Å²) >= 11 is 0. The van der Waals surface area contributed by atoms with E-state index >= 15 is 0 Å². The van der Waals surface area contributed by atoms with Crippen LogP contribution in [0.3, 0.4) is 0 Å². The van der Waals surface area contributed by atoms with Crippen molar-refractivity contribution in [3.05, 3.63) is 48.0 Å². The lowest BCUT2D eigenvalue weighted by atomic mass is 10.2. The molecule has 7 nitrogen and oxygen atoms in total. The number of carbonyl (C=O) groups is 1. The Morgan fingerprint density at radius 1 is 1.11 bits per heavy atom. The Balaban J connectivity index is 2.17. The van der Waals surface area contributed by atoms with Crippen LogP contribution in [-0.4, -0.2) is 41.3 Å². The fourth-order valence-corrected chi connectivity index (χ4v) is 3.54. The van der Waals surface area contributed by atoms with E-state index in [1.165, 1.54) is 14.2 Å². The first-order valence-electron chi connectivity index (χ1n) is 8.31. The van der Waals surface area contributed by atoms with Gasteiger partial charge >= 0.3 is 0 Å². The number of benzene rings is 2. The highest BCUT2D eigenvalue weighted by Gasteiger charge is 2.22. The molecular weight excluding hydrogens is 368 g/mol. The number of sulfonamides is 1. The SMILES string of the molecule is COc1ccc(N(CCC(=O)Nc2cccc(C)c2)S(C)(=O)=O)c(OC)c1. The molecule has 0 aliphatic heterocycles. The van der Waals surface area contributed by atoms with E-state index in [0.717, 1.165) is 16.1 Å². The maximum absolute atomic E-state index is 12.3. The number of hydrogen-bond donors (Lipinski definition) is 1. The highest BCUT2D eigenvalue weighted by atomic mass is 32.2. The second kappa shape index (κ2) is 8.77. The summed E-state index contributed by atoms with van der Waals surface area (Å²) in [4.78, 5) is 12.3. The number of amides is 1. The Hall–Kier alpha value is -2.74. The van der Waals surface area contributed by atoms with Crippen molar-refractivity contribution in [2.75, 3.05) is 36.6 Å². The van der Waals surface area contributed by atoms with Gasteiger partial charge in [0.25, 0.3) is 0 Å². The molecule has 0 saturated heterocycles. The smallest absolute Gasteiger partial charge is 0.232 e. The van der Waals surface area contributed by atoms with Crippen LogP contribution in [0.25, 0.3) is 0 Å². The maximum Gasteiger partial charge on any atom is 0.232 e. The molecule has 146 valence electrons. The number of aryl methyl sites for hydroxylation is 1. The van der Waals surface area contributed by atoms with E-state index in [9.17, 15) is 13.2 Å². The summed E-state index contributed by atoms with van der Waals surface area (Å²) in [5.41, 5.74) is 2.05. The summed E-state index contributed by atoms with van der Waals surface area (Å²) in [5.74, 6) is 0.613. The second-order valence-corrected chi connectivity index (χ2v) is 7.95. The molecule has 0 heterocycles. The van der Waals surface area contributed by atoms with Gasteiger partial charge in [-0.2, -0.15) is 0 Å². The number of hydrogen-bond acceptors (Lipinski definition) is 5. The summed E-state index contributed by atoms with van der Waals surface area (Å²) in [7, 11) is -0.653. The monoisotopic (exact) mass is 392 g/mol. The van der Waals surface area contributed by atoms with E-state index in [0.29, 0.717) is 22.9 Å². The quantitative estimate of drug-likeness (QED) is 0.747. The first kappa shape index (κ1) is 20.6. The summed E-state index contributed by atoms with van der Waals surface area (Å²) in [6.07, 6.45) is 1.09. The van der Waals surface area contributed by atoms with Crippen LogP contribution in [0.15, 0.2) is 42.5 Å². The van der Waals surface area contributed by atoms with Gasteiger partial charge in [-0.15, -0.1) is 0 Å². The van der Waals surface area contributed by atoms with Gasteiger partial charge in [0.2, 0.25) is 15.9 Å². The summed E-state index contributed by atoms with van der Waals surface area (Å²) in [6.45, 7) is 1.91. The third-order valence-electron chi connectivity index (χ3n) is 3.90. The molecule has 2 aromatic carbocycles. The normalized spacial score (nSPS) is 11.0. The van der Waals surface area contributed by atoms with Crippen LogP contribution in [0.4, 0.5) is 11.4 Å². The topological polar surface area (TPSA) is 84.9 Å². The Morgan fingerprint density at radius 3 is 2.44 bits per heavy atom. The predicted molar refractivity (Wildman–Crippen MR) is 106 cm³/mol. The Bertz CT molecular complexity index is 912. The summed E-state index contributed by atoms with van der Waals surface area (Å²) < 4.78 is 36.1. The third-order valence-corrected chi connectivity index (χ3v) is 5.08. The molecular formula is C19H24N2O5S. The van der Waals surface area contributed by atoms with Gasteiger partial charge in [0.15, 0.2) is 0 Å². The zero-order valence-corrected chi connectivity index (χ0v) is 16.7. The van der Waals surface area contributed by atoms with Crippen molar-refractivity contribution in [2.24, 2.45) is 0 Å². The van der Waals surface area contributed by atoms with Gasteiger partial charge in [-0.1, -0.05) is 12.1 Å². The van der Waals surface area contributed by atoms with Crippen LogP contribution in [0, 0.1) is 6.92 Å². The summed E-state index contributed by atoms with van der Waals surface area (Å²) in [5, 5.41) is 2.78. The van der Waals surface area contributed by atoms with Crippen LogP contribution in [-0.2, 0) is 14.8 Å². The average Bonchev–Trinajstić information content (AvgIpc) is 2.60. The van der Waals surface area contributed by atoms with E-state index in [1.807, 2.05) is 25.1 Å². The molecule has 0 aliphatic rings. The molecule has 0 bridgehead atoms. The van der Waals surface area contributed by atoms with Crippen molar-refractivity contribution in [3.8, 4) is 11.5 Å². The molecule has 0 saturated carbocycles. The molecule has 2 aromatic rings. The molecule has 0 atom stereocenters. The van der Waals surface area contributed by atoms with Crippen molar-refractivity contribution >= 4 is 27.3 Å². The number of carbonyl (C=O) groups excluding carboxylic acids is 1. The number of ether oxygens (including phenoxy) is 2. The Kier molecular flexibility index (Phi) is 6.68. The van der Waals surface area contributed by atoms with E-state index < -0.39 is 10.0 Å². The maximum atomic E-state index is 12.3. The first-order valence-corrected chi connectivity index (χ1v) is 10.2. The van der Waals surface area contributed by atoms with E-state index in [4.69, 9.17) is 9.47 Å². The Morgan fingerprint density at radius 2 is 1.85 bits per heavy atom. The van der Waals surface area contributed by atoms with Crippen LogP contribution in [0.5, 0.6) is 11.5 Å². The van der Waals surface area contributed by atoms with Crippen LogP contribution in [0.1, 0.15) is 12.0 Å². The molecule has 27 heavy (non-hydrogen) atoms. The standard InChI is InChI=1S/C19H24N2O5S/c1-14-6-5-7-15(12-14)20-19(22)10-11-21(27(4,23)24)17-9-8-16(25-2)13-18(17)26-3/h5-9,12-13H,10-11H2,1-4H3,(H,20,22). The van der Waals surface area contributed by atoms with Crippen LogP contribution >= 0.6 is 0 Å². The molecule has 0 aliphatic carbocycles. The number of methoxy groups -OCH3 is 2. The number of anilines is 2. The number of nitrogens with one attached hydrogen (secondary N) is 1. The second-order valence-electron chi connectivity index (χ2n) is 6.04. The fraction of sp³-hybridized carbons (Fsp3) is 0.316.